The molecule has 1 aromatic heterocycles. The Labute approximate surface area is 93.3 Å². The van der Waals surface area contributed by atoms with Crippen LogP contribution in [-0.2, 0) is 11.3 Å². The fourth-order valence-electron chi connectivity index (χ4n) is 1.28. The number of carbonyl (C=O) groups excluding carboxylic acids is 2. The van der Waals surface area contributed by atoms with Crippen LogP contribution in [0.1, 0.15) is 18.5 Å². The van der Waals surface area contributed by atoms with E-state index < -0.39 is 6.03 Å². The van der Waals surface area contributed by atoms with Gasteiger partial charge in [-0.15, -0.1) is 0 Å². The number of urea groups is 1. The van der Waals surface area contributed by atoms with Crippen molar-refractivity contribution in [2.45, 2.75) is 19.4 Å². The summed E-state index contributed by atoms with van der Waals surface area (Å²) in [5.74, 6) is -0.140. The summed E-state index contributed by atoms with van der Waals surface area (Å²) >= 11 is 0. The molecule has 0 atom stereocenters. The normalized spacial score (nSPS) is 14.2. The molecule has 16 heavy (non-hydrogen) atoms. The molecule has 2 rings (SSSR count). The minimum atomic E-state index is -0.456. The van der Waals surface area contributed by atoms with Crippen LogP contribution in [0.15, 0.2) is 24.4 Å². The van der Waals surface area contributed by atoms with E-state index in [0.29, 0.717) is 6.54 Å². The van der Waals surface area contributed by atoms with Gasteiger partial charge >= 0.3 is 6.03 Å². The third kappa shape index (κ3) is 3.05. The van der Waals surface area contributed by atoms with Gasteiger partial charge in [-0.05, 0) is 25.0 Å². The average Bonchev–Trinajstić information content (AvgIpc) is 3.11. The van der Waals surface area contributed by atoms with Crippen LogP contribution in [0.3, 0.4) is 0 Å². The van der Waals surface area contributed by atoms with Crippen LogP contribution in [0.5, 0.6) is 0 Å². The van der Waals surface area contributed by atoms with Crippen LogP contribution in [0.4, 0.5) is 4.79 Å². The molecular formula is C11H13N3O2. The van der Waals surface area contributed by atoms with Gasteiger partial charge < -0.3 is 5.32 Å². The van der Waals surface area contributed by atoms with E-state index in [1.165, 1.54) is 0 Å². The summed E-state index contributed by atoms with van der Waals surface area (Å²) in [5.41, 5.74) is 0.761. The molecule has 2 N–H and O–H groups in total. The second kappa shape index (κ2) is 4.74. The van der Waals surface area contributed by atoms with Crippen molar-refractivity contribution in [3.63, 3.8) is 0 Å². The van der Waals surface area contributed by atoms with E-state index in [9.17, 15) is 9.59 Å². The van der Waals surface area contributed by atoms with Gasteiger partial charge in [-0.3, -0.25) is 15.1 Å². The molecule has 1 aliphatic rings. The zero-order valence-electron chi connectivity index (χ0n) is 8.77. The summed E-state index contributed by atoms with van der Waals surface area (Å²) in [6, 6.07) is 5.00. The SMILES string of the molecule is O=C(NCc1ccccn1)NC(=O)C1CC1. The highest BCUT2D eigenvalue weighted by Gasteiger charge is 2.30. The molecule has 1 aromatic rings. The third-order valence-corrected chi connectivity index (χ3v) is 2.34. The fraction of sp³-hybridized carbons (Fsp3) is 0.364. The lowest BCUT2D eigenvalue weighted by Gasteiger charge is -2.05. The molecule has 0 spiro atoms. The van der Waals surface area contributed by atoms with Gasteiger partial charge in [-0.1, -0.05) is 6.07 Å². The Balaban J connectivity index is 1.73. The number of nitrogens with zero attached hydrogens (tertiary/aromatic N) is 1. The summed E-state index contributed by atoms with van der Waals surface area (Å²) in [5, 5.41) is 4.87. The molecule has 1 saturated carbocycles. The van der Waals surface area contributed by atoms with Crippen LogP contribution >= 0.6 is 0 Å². The monoisotopic (exact) mass is 219 g/mol. The van der Waals surface area contributed by atoms with E-state index in [2.05, 4.69) is 15.6 Å². The minimum Gasteiger partial charge on any atom is -0.332 e. The van der Waals surface area contributed by atoms with Crippen LogP contribution < -0.4 is 10.6 Å². The van der Waals surface area contributed by atoms with E-state index >= 15 is 0 Å². The van der Waals surface area contributed by atoms with E-state index in [1.807, 2.05) is 12.1 Å². The van der Waals surface area contributed by atoms with E-state index in [0.717, 1.165) is 18.5 Å². The number of hydrogen-bond acceptors (Lipinski definition) is 3. The molecule has 5 nitrogen and oxygen atoms in total. The highest BCUT2D eigenvalue weighted by molar-refractivity contribution is 5.96. The van der Waals surface area contributed by atoms with Gasteiger partial charge in [-0.2, -0.15) is 0 Å². The molecule has 5 heteroatoms. The third-order valence-electron chi connectivity index (χ3n) is 2.34. The maximum absolute atomic E-state index is 11.3. The number of carbonyl (C=O) groups is 2. The highest BCUT2D eigenvalue weighted by atomic mass is 16.2. The van der Waals surface area contributed by atoms with Crippen LogP contribution in [0.25, 0.3) is 0 Å². The predicted octanol–water partition coefficient (Wildman–Crippen LogP) is 0.817. The van der Waals surface area contributed by atoms with Gasteiger partial charge in [0.2, 0.25) is 5.91 Å². The molecule has 3 amide bonds. The fourth-order valence-corrected chi connectivity index (χ4v) is 1.28. The number of amides is 3. The Bertz CT molecular complexity index is 387. The van der Waals surface area contributed by atoms with Crippen molar-refractivity contribution < 1.29 is 9.59 Å². The van der Waals surface area contributed by atoms with Gasteiger partial charge in [0.15, 0.2) is 0 Å². The van der Waals surface area contributed by atoms with Crippen molar-refractivity contribution in [1.82, 2.24) is 15.6 Å². The molecule has 0 aromatic carbocycles. The molecule has 84 valence electrons. The summed E-state index contributed by atoms with van der Waals surface area (Å²) in [6.07, 6.45) is 3.43. The maximum Gasteiger partial charge on any atom is 0.321 e. The van der Waals surface area contributed by atoms with Crippen LogP contribution in [-0.4, -0.2) is 16.9 Å². The zero-order valence-corrected chi connectivity index (χ0v) is 8.77. The van der Waals surface area contributed by atoms with Crippen molar-refractivity contribution in [2.75, 3.05) is 0 Å². The first kappa shape index (κ1) is 10.6. The first-order valence-corrected chi connectivity index (χ1v) is 5.24. The van der Waals surface area contributed by atoms with Crippen molar-refractivity contribution in [2.24, 2.45) is 5.92 Å². The molecule has 1 heterocycles. The molecule has 1 aliphatic carbocycles. The van der Waals surface area contributed by atoms with Crippen molar-refractivity contribution in [3.8, 4) is 0 Å². The Morgan fingerprint density at radius 3 is 2.81 bits per heavy atom. The summed E-state index contributed by atoms with van der Waals surface area (Å²) in [4.78, 5) is 26.6. The number of aromatic nitrogens is 1. The Hall–Kier alpha value is -1.91. The largest absolute Gasteiger partial charge is 0.332 e. The molecule has 0 radical (unpaired) electrons. The maximum atomic E-state index is 11.3. The average molecular weight is 219 g/mol. The van der Waals surface area contributed by atoms with Crippen LogP contribution in [0.2, 0.25) is 0 Å². The molecule has 0 saturated heterocycles. The Morgan fingerprint density at radius 2 is 2.19 bits per heavy atom. The predicted molar refractivity (Wildman–Crippen MR) is 57.3 cm³/mol. The molecule has 0 aliphatic heterocycles. The molecular weight excluding hydrogens is 206 g/mol. The number of imide groups is 1. The van der Waals surface area contributed by atoms with Gasteiger partial charge in [0, 0.05) is 12.1 Å². The second-order valence-corrected chi connectivity index (χ2v) is 3.77. The smallest absolute Gasteiger partial charge is 0.321 e. The van der Waals surface area contributed by atoms with Crippen molar-refractivity contribution >= 4 is 11.9 Å². The minimum absolute atomic E-state index is 0.0422. The quantitative estimate of drug-likeness (QED) is 0.790. The molecule has 0 bridgehead atoms. The number of pyridine rings is 1. The van der Waals surface area contributed by atoms with Crippen molar-refractivity contribution in [3.05, 3.63) is 30.1 Å². The number of nitrogens with one attached hydrogen (secondary N) is 2. The lowest BCUT2D eigenvalue weighted by molar-refractivity contribution is -0.121. The Kier molecular flexibility index (Phi) is 3.14. The summed E-state index contributed by atoms with van der Waals surface area (Å²) in [6.45, 7) is 0.324. The van der Waals surface area contributed by atoms with Gasteiger partial charge in [-0.25, -0.2) is 4.79 Å². The zero-order chi connectivity index (χ0) is 11.4. The molecule has 0 unspecified atom stereocenters. The summed E-state index contributed by atoms with van der Waals surface area (Å²) < 4.78 is 0. The lowest BCUT2D eigenvalue weighted by Crippen LogP contribution is -2.39. The van der Waals surface area contributed by atoms with E-state index in [4.69, 9.17) is 0 Å². The van der Waals surface area contributed by atoms with Gasteiger partial charge in [0.25, 0.3) is 0 Å². The first-order chi connectivity index (χ1) is 7.75. The van der Waals surface area contributed by atoms with Gasteiger partial charge in [0.1, 0.15) is 0 Å². The van der Waals surface area contributed by atoms with Gasteiger partial charge in [0.05, 0.1) is 12.2 Å². The topological polar surface area (TPSA) is 71.1 Å². The van der Waals surface area contributed by atoms with Crippen molar-refractivity contribution in [1.29, 1.82) is 0 Å². The van der Waals surface area contributed by atoms with E-state index in [1.54, 1.807) is 12.3 Å². The highest BCUT2D eigenvalue weighted by Crippen LogP contribution is 2.28. The first-order valence-electron chi connectivity index (χ1n) is 5.24. The number of hydrogen-bond donors (Lipinski definition) is 2. The van der Waals surface area contributed by atoms with E-state index in [-0.39, 0.29) is 11.8 Å². The summed E-state index contributed by atoms with van der Waals surface area (Å²) in [7, 11) is 0. The molecule has 1 fully saturated rings. The number of rotatable bonds is 3. The standard InChI is InChI=1S/C11H13N3O2/c15-10(8-4-5-8)14-11(16)13-7-9-3-1-2-6-12-9/h1-3,6,8H,4-5,7H2,(H2,13,14,15,16). The second-order valence-electron chi connectivity index (χ2n) is 3.77. The van der Waals surface area contributed by atoms with Crippen LogP contribution in [0, 0.1) is 5.92 Å². The lowest BCUT2D eigenvalue weighted by atomic mass is 10.3. The Morgan fingerprint density at radius 1 is 1.38 bits per heavy atom.